The molecule has 0 aliphatic carbocycles. The first kappa shape index (κ1) is 9.97. The van der Waals surface area contributed by atoms with Crippen molar-refractivity contribution in [2.24, 2.45) is 0 Å². The van der Waals surface area contributed by atoms with E-state index < -0.39 is 10.9 Å². The zero-order valence-electron chi connectivity index (χ0n) is 7.82. The number of rotatable bonds is 2. The number of carboxylic acid groups (broad SMARTS) is 1. The van der Waals surface area contributed by atoms with E-state index in [2.05, 4.69) is 9.97 Å². The van der Waals surface area contributed by atoms with Crippen molar-refractivity contribution >= 4 is 22.7 Å². The van der Waals surface area contributed by atoms with Crippen LogP contribution in [0.3, 0.4) is 0 Å². The van der Waals surface area contributed by atoms with Gasteiger partial charge < -0.3 is 5.11 Å². The summed E-state index contributed by atoms with van der Waals surface area (Å²) < 4.78 is 0. The highest BCUT2D eigenvalue weighted by Crippen LogP contribution is 2.17. The molecule has 0 fully saturated rings. The lowest BCUT2D eigenvalue weighted by Crippen LogP contribution is -2.01. The molecular weight excluding hydrogens is 214 g/mol. The first-order valence-electron chi connectivity index (χ1n) is 4.22. The van der Waals surface area contributed by atoms with E-state index in [0.717, 1.165) is 6.20 Å². The summed E-state index contributed by atoms with van der Waals surface area (Å²) >= 11 is 0. The van der Waals surface area contributed by atoms with Crippen LogP contribution < -0.4 is 0 Å². The van der Waals surface area contributed by atoms with Gasteiger partial charge in [-0.2, -0.15) is 0 Å². The zero-order valence-corrected chi connectivity index (χ0v) is 7.82. The Balaban J connectivity index is 2.61. The van der Waals surface area contributed by atoms with Crippen LogP contribution in [0.5, 0.6) is 0 Å². The molecule has 0 spiro atoms. The van der Waals surface area contributed by atoms with Crippen molar-refractivity contribution in [1.29, 1.82) is 0 Å². The predicted molar refractivity (Wildman–Crippen MR) is 53.2 cm³/mol. The third kappa shape index (κ3) is 1.65. The minimum Gasteiger partial charge on any atom is -0.476 e. The number of aromatic carboxylic acids is 1. The Morgan fingerprint density at radius 3 is 2.75 bits per heavy atom. The SMILES string of the molecule is O=C(O)c1cnc2cc([N+](=O)[O-])ccc2n1. The molecule has 2 rings (SSSR count). The van der Waals surface area contributed by atoms with E-state index in [4.69, 9.17) is 5.11 Å². The average molecular weight is 219 g/mol. The van der Waals surface area contributed by atoms with E-state index in [9.17, 15) is 14.9 Å². The molecule has 0 aliphatic heterocycles. The molecule has 2 aromatic rings. The monoisotopic (exact) mass is 219 g/mol. The number of carbonyl (C=O) groups is 1. The van der Waals surface area contributed by atoms with Crippen LogP contribution in [0.25, 0.3) is 11.0 Å². The number of nitrogens with zero attached hydrogens (tertiary/aromatic N) is 3. The van der Waals surface area contributed by atoms with Crippen molar-refractivity contribution in [1.82, 2.24) is 9.97 Å². The fraction of sp³-hybridized carbons (Fsp3) is 0. The quantitative estimate of drug-likeness (QED) is 0.601. The van der Waals surface area contributed by atoms with Gasteiger partial charge in [0.15, 0.2) is 5.69 Å². The standard InChI is InChI=1S/C9H5N3O4/c13-9(14)8-4-10-7-3-5(12(15)16)1-2-6(7)11-8/h1-4H,(H,13,14). The number of non-ortho nitro benzene ring substituents is 1. The summed E-state index contributed by atoms with van der Waals surface area (Å²) in [5, 5.41) is 19.2. The van der Waals surface area contributed by atoms with Crippen molar-refractivity contribution in [2.75, 3.05) is 0 Å². The fourth-order valence-electron chi connectivity index (χ4n) is 1.22. The third-order valence-corrected chi connectivity index (χ3v) is 1.96. The summed E-state index contributed by atoms with van der Waals surface area (Å²) in [6, 6.07) is 3.86. The van der Waals surface area contributed by atoms with E-state index in [1.165, 1.54) is 18.2 Å². The van der Waals surface area contributed by atoms with Crippen LogP contribution in [0.4, 0.5) is 5.69 Å². The molecule has 0 radical (unpaired) electrons. The Morgan fingerprint density at radius 2 is 2.12 bits per heavy atom. The zero-order chi connectivity index (χ0) is 11.7. The van der Waals surface area contributed by atoms with Crippen molar-refractivity contribution in [3.8, 4) is 0 Å². The Bertz CT molecular complexity index is 543. The Hall–Kier alpha value is -2.57. The van der Waals surface area contributed by atoms with Gasteiger partial charge in [0.2, 0.25) is 0 Å². The molecule has 80 valence electrons. The average Bonchev–Trinajstić information content (AvgIpc) is 2.27. The lowest BCUT2D eigenvalue weighted by molar-refractivity contribution is -0.384. The number of benzene rings is 1. The second kappa shape index (κ2) is 3.54. The Morgan fingerprint density at radius 1 is 1.38 bits per heavy atom. The van der Waals surface area contributed by atoms with Gasteiger partial charge >= 0.3 is 5.97 Å². The highest BCUT2D eigenvalue weighted by molar-refractivity contribution is 5.88. The smallest absolute Gasteiger partial charge is 0.356 e. The number of aromatic nitrogens is 2. The fourth-order valence-corrected chi connectivity index (χ4v) is 1.22. The van der Waals surface area contributed by atoms with E-state index >= 15 is 0 Å². The normalized spacial score (nSPS) is 10.2. The highest BCUT2D eigenvalue weighted by Gasteiger charge is 2.10. The van der Waals surface area contributed by atoms with Crippen molar-refractivity contribution in [3.63, 3.8) is 0 Å². The van der Waals surface area contributed by atoms with Gasteiger partial charge in [0.1, 0.15) is 0 Å². The van der Waals surface area contributed by atoms with Crippen molar-refractivity contribution in [3.05, 3.63) is 40.2 Å². The van der Waals surface area contributed by atoms with E-state index in [1.54, 1.807) is 0 Å². The van der Waals surface area contributed by atoms with Gasteiger partial charge in [-0.3, -0.25) is 15.1 Å². The summed E-state index contributed by atoms with van der Waals surface area (Å²) in [6.07, 6.45) is 1.06. The second-order valence-electron chi connectivity index (χ2n) is 2.99. The Labute approximate surface area is 88.5 Å². The van der Waals surface area contributed by atoms with Gasteiger partial charge in [-0.15, -0.1) is 0 Å². The minimum absolute atomic E-state index is 0.107. The number of hydrogen-bond donors (Lipinski definition) is 1. The third-order valence-electron chi connectivity index (χ3n) is 1.96. The summed E-state index contributed by atoms with van der Waals surface area (Å²) in [5.41, 5.74) is 0.302. The van der Waals surface area contributed by atoms with Gasteiger partial charge in [0, 0.05) is 12.1 Å². The molecule has 1 heterocycles. The van der Waals surface area contributed by atoms with Crippen LogP contribution in [0.15, 0.2) is 24.4 Å². The molecule has 1 aromatic carbocycles. The first-order chi connectivity index (χ1) is 7.58. The molecule has 0 saturated carbocycles. The van der Waals surface area contributed by atoms with Crippen molar-refractivity contribution < 1.29 is 14.8 Å². The summed E-state index contributed by atoms with van der Waals surface area (Å²) in [6.45, 7) is 0. The molecule has 0 bridgehead atoms. The second-order valence-corrected chi connectivity index (χ2v) is 2.99. The minimum atomic E-state index is -1.19. The van der Waals surface area contributed by atoms with E-state index in [1.807, 2.05) is 0 Å². The predicted octanol–water partition coefficient (Wildman–Crippen LogP) is 1.24. The maximum atomic E-state index is 10.6. The van der Waals surface area contributed by atoms with Gasteiger partial charge in [0.25, 0.3) is 5.69 Å². The van der Waals surface area contributed by atoms with Crippen molar-refractivity contribution in [2.45, 2.75) is 0 Å². The molecule has 0 atom stereocenters. The molecule has 0 saturated heterocycles. The number of hydrogen-bond acceptors (Lipinski definition) is 5. The van der Waals surface area contributed by atoms with Crippen LogP contribution in [0, 0.1) is 10.1 Å². The molecule has 16 heavy (non-hydrogen) atoms. The molecular formula is C9H5N3O4. The first-order valence-corrected chi connectivity index (χ1v) is 4.22. The molecule has 7 heteroatoms. The number of carboxylic acids is 1. The van der Waals surface area contributed by atoms with E-state index in [0.29, 0.717) is 11.0 Å². The molecule has 0 amide bonds. The topological polar surface area (TPSA) is 106 Å². The number of nitro groups is 1. The van der Waals surface area contributed by atoms with Crippen LogP contribution in [-0.4, -0.2) is 26.0 Å². The molecule has 0 aliphatic rings. The lowest BCUT2D eigenvalue weighted by atomic mass is 10.2. The van der Waals surface area contributed by atoms with Crippen LogP contribution in [0.1, 0.15) is 10.5 Å². The number of nitro benzene ring substituents is 1. The number of fused-ring (bicyclic) bond motifs is 1. The summed E-state index contributed by atoms with van der Waals surface area (Å²) in [7, 11) is 0. The van der Waals surface area contributed by atoms with Crippen LogP contribution in [-0.2, 0) is 0 Å². The highest BCUT2D eigenvalue weighted by atomic mass is 16.6. The molecule has 0 unspecified atom stereocenters. The largest absolute Gasteiger partial charge is 0.476 e. The van der Waals surface area contributed by atoms with Gasteiger partial charge in [0.05, 0.1) is 22.2 Å². The maximum absolute atomic E-state index is 10.6. The van der Waals surface area contributed by atoms with Gasteiger partial charge in [-0.25, -0.2) is 9.78 Å². The summed E-state index contributed by atoms with van der Waals surface area (Å²) in [4.78, 5) is 28.1. The van der Waals surface area contributed by atoms with Crippen LogP contribution >= 0.6 is 0 Å². The maximum Gasteiger partial charge on any atom is 0.356 e. The molecule has 7 nitrogen and oxygen atoms in total. The lowest BCUT2D eigenvalue weighted by Gasteiger charge is -1.98. The summed E-state index contributed by atoms with van der Waals surface area (Å²) in [5.74, 6) is -1.19. The molecule has 1 N–H and O–H groups in total. The Kier molecular flexibility index (Phi) is 2.20. The van der Waals surface area contributed by atoms with Gasteiger partial charge in [-0.05, 0) is 6.07 Å². The molecule has 1 aromatic heterocycles. The van der Waals surface area contributed by atoms with Gasteiger partial charge in [-0.1, -0.05) is 0 Å². The van der Waals surface area contributed by atoms with Crippen LogP contribution in [0.2, 0.25) is 0 Å². The van der Waals surface area contributed by atoms with E-state index in [-0.39, 0.29) is 11.4 Å².